The third-order valence-electron chi connectivity index (χ3n) is 5.40. The molecule has 0 N–H and O–H groups in total. The van der Waals surface area contributed by atoms with Gasteiger partial charge in [0.2, 0.25) is 0 Å². The largest absolute Gasteiger partial charge is 0.497 e. The molecule has 1 aliphatic heterocycles. The van der Waals surface area contributed by atoms with Crippen LogP contribution in [0.3, 0.4) is 0 Å². The Balaban J connectivity index is 1.61. The molecular formula is C22H25N3O4. The molecule has 7 nitrogen and oxygen atoms in total. The molecule has 0 saturated heterocycles. The molecule has 2 heterocycles. The molecule has 2 aromatic carbocycles. The van der Waals surface area contributed by atoms with Crippen LogP contribution in [0.4, 0.5) is 0 Å². The third-order valence-corrected chi connectivity index (χ3v) is 5.40. The summed E-state index contributed by atoms with van der Waals surface area (Å²) in [5, 5.41) is 0.551. The van der Waals surface area contributed by atoms with Crippen molar-refractivity contribution in [2.24, 2.45) is 0 Å². The van der Waals surface area contributed by atoms with E-state index in [1.54, 1.807) is 38.0 Å². The monoisotopic (exact) mass is 395 g/mol. The fourth-order valence-corrected chi connectivity index (χ4v) is 3.77. The van der Waals surface area contributed by atoms with E-state index < -0.39 is 0 Å². The van der Waals surface area contributed by atoms with Crippen LogP contribution in [0.2, 0.25) is 0 Å². The molecule has 1 aliphatic rings. The Kier molecular flexibility index (Phi) is 5.40. The first-order valence-electron chi connectivity index (χ1n) is 9.63. The highest BCUT2D eigenvalue weighted by atomic mass is 16.5. The van der Waals surface area contributed by atoms with Crippen LogP contribution in [0, 0.1) is 0 Å². The van der Waals surface area contributed by atoms with E-state index in [4.69, 9.17) is 19.2 Å². The van der Waals surface area contributed by atoms with Gasteiger partial charge in [0, 0.05) is 38.7 Å². The molecule has 0 fully saturated rings. The number of nitrogens with zero attached hydrogens (tertiary/aromatic N) is 3. The molecular weight excluding hydrogens is 370 g/mol. The van der Waals surface area contributed by atoms with Crippen LogP contribution in [0.1, 0.15) is 11.4 Å². The molecule has 0 amide bonds. The summed E-state index contributed by atoms with van der Waals surface area (Å²) in [5.41, 5.74) is 1.83. The molecule has 1 aromatic heterocycles. The van der Waals surface area contributed by atoms with E-state index in [-0.39, 0.29) is 5.56 Å². The van der Waals surface area contributed by atoms with Crippen molar-refractivity contribution in [3.63, 3.8) is 0 Å². The van der Waals surface area contributed by atoms with Crippen molar-refractivity contribution in [3.05, 3.63) is 58.1 Å². The maximum Gasteiger partial charge on any atom is 0.261 e. The number of hydrogen-bond donors (Lipinski definition) is 0. The number of ether oxygens (including phenoxy) is 3. The fourth-order valence-electron chi connectivity index (χ4n) is 3.77. The van der Waals surface area contributed by atoms with Crippen molar-refractivity contribution in [2.45, 2.75) is 19.5 Å². The van der Waals surface area contributed by atoms with Crippen molar-refractivity contribution in [1.82, 2.24) is 14.5 Å². The fraction of sp³-hybridized carbons (Fsp3) is 0.364. The van der Waals surface area contributed by atoms with Crippen LogP contribution in [0.25, 0.3) is 10.9 Å². The van der Waals surface area contributed by atoms with Gasteiger partial charge in [0.1, 0.15) is 11.6 Å². The number of aromatic nitrogens is 2. The number of methoxy groups -OCH3 is 3. The molecule has 3 aromatic rings. The highest BCUT2D eigenvalue weighted by Gasteiger charge is 2.19. The summed E-state index contributed by atoms with van der Waals surface area (Å²) in [4.78, 5) is 20.2. The predicted octanol–water partition coefficient (Wildman–Crippen LogP) is 2.48. The minimum Gasteiger partial charge on any atom is -0.497 e. The minimum atomic E-state index is -0.0303. The number of hydrogen-bond acceptors (Lipinski definition) is 6. The Labute approximate surface area is 169 Å². The van der Waals surface area contributed by atoms with Gasteiger partial charge in [0.15, 0.2) is 11.5 Å². The maximum atomic E-state index is 13.1. The van der Waals surface area contributed by atoms with Crippen LogP contribution in [-0.2, 0) is 19.5 Å². The van der Waals surface area contributed by atoms with Gasteiger partial charge in [-0.1, -0.05) is 12.1 Å². The molecule has 0 atom stereocenters. The van der Waals surface area contributed by atoms with E-state index in [2.05, 4.69) is 17.0 Å². The minimum absolute atomic E-state index is 0.0303. The molecule has 0 spiro atoms. The second kappa shape index (κ2) is 8.13. The Hall–Kier alpha value is -3.06. The normalized spacial score (nSPS) is 14.3. The van der Waals surface area contributed by atoms with Crippen LogP contribution in [0.15, 0.2) is 41.2 Å². The lowest BCUT2D eigenvalue weighted by Crippen LogP contribution is -2.28. The lowest BCUT2D eigenvalue weighted by atomic mass is 10.2. The van der Waals surface area contributed by atoms with Crippen molar-refractivity contribution < 1.29 is 14.2 Å². The topological polar surface area (TPSA) is 65.8 Å². The van der Waals surface area contributed by atoms with Gasteiger partial charge >= 0.3 is 0 Å². The zero-order chi connectivity index (χ0) is 20.4. The third kappa shape index (κ3) is 3.78. The van der Waals surface area contributed by atoms with E-state index >= 15 is 0 Å². The first-order valence-corrected chi connectivity index (χ1v) is 9.63. The number of rotatable bonds is 5. The highest BCUT2D eigenvalue weighted by Crippen LogP contribution is 2.30. The summed E-state index contributed by atoms with van der Waals surface area (Å²) >= 11 is 0. The number of benzene rings is 2. The van der Waals surface area contributed by atoms with Gasteiger partial charge in [-0.05, 0) is 23.8 Å². The summed E-state index contributed by atoms with van der Waals surface area (Å²) < 4.78 is 17.7. The molecule has 7 heteroatoms. The lowest BCUT2D eigenvalue weighted by molar-refractivity contribution is 0.271. The second-order valence-electron chi connectivity index (χ2n) is 7.08. The number of fused-ring (bicyclic) bond motifs is 2. The Morgan fingerprint density at radius 3 is 2.34 bits per heavy atom. The first-order chi connectivity index (χ1) is 14.1. The van der Waals surface area contributed by atoms with E-state index in [0.29, 0.717) is 28.9 Å². The molecule has 152 valence electrons. The summed E-state index contributed by atoms with van der Waals surface area (Å²) in [6.07, 6.45) is 0.718. The van der Waals surface area contributed by atoms with Crippen molar-refractivity contribution in [3.8, 4) is 17.2 Å². The van der Waals surface area contributed by atoms with E-state index in [9.17, 15) is 4.79 Å². The SMILES string of the molecule is COc1ccc(CN2CCc3nc4cc(OC)c(OC)cc4c(=O)n3CC2)cc1. The first kappa shape index (κ1) is 19.3. The molecule has 0 aliphatic carbocycles. The smallest absolute Gasteiger partial charge is 0.261 e. The zero-order valence-corrected chi connectivity index (χ0v) is 17.0. The van der Waals surface area contributed by atoms with E-state index in [1.807, 2.05) is 12.1 Å². The van der Waals surface area contributed by atoms with Crippen LogP contribution >= 0.6 is 0 Å². The quantitative estimate of drug-likeness (QED) is 0.661. The van der Waals surface area contributed by atoms with Crippen LogP contribution in [-0.4, -0.2) is 48.9 Å². The molecule has 0 bridgehead atoms. The average molecular weight is 395 g/mol. The summed E-state index contributed by atoms with van der Waals surface area (Å²) in [5.74, 6) is 2.78. The highest BCUT2D eigenvalue weighted by molar-refractivity contribution is 5.82. The van der Waals surface area contributed by atoms with E-state index in [0.717, 1.165) is 37.6 Å². The van der Waals surface area contributed by atoms with E-state index in [1.165, 1.54) is 5.56 Å². The average Bonchev–Trinajstić information content (AvgIpc) is 2.96. The summed E-state index contributed by atoms with van der Waals surface area (Å²) in [6, 6.07) is 11.6. The molecule has 4 rings (SSSR count). The van der Waals surface area contributed by atoms with Gasteiger partial charge in [-0.15, -0.1) is 0 Å². The van der Waals surface area contributed by atoms with Gasteiger partial charge in [-0.2, -0.15) is 0 Å². The van der Waals surface area contributed by atoms with Gasteiger partial charge in [0.25, 0.3) is 5.56 Å². The Morgan fingerprint density at radius 2 is 1.66 bits per heavy atom. The molecule has 0 radical (unpaired) electrons. The van der Waals surface area contributed by atoms with Crippen LogP contribution < -0.4 is 19.8 Å². The predicted molar refractivity (Wildman–Crippen MR) is 111 cm³/mol. The molecule has 0 unspecified atom stereocenters. The summed E-state index contributed by atoms with van der Waals surface area (Å²) in [6.45, 7) is 3.08. The van der Waals surface area contributed by atoms with Crippen molar-refractivity contribution >= 4 is 10.9 Å². The molecule has 0 saturated carbocycles. The van der Waals surface area contributed by atoms with Crippen molar-refractivity contribution in [1.29, 1.82) is 0 Å². The van der Waals surface area contributed by atoms with Crippen molar-refractivity contribution in [2.75, 3.05) is 34.4 Å². The molecule has 29 heavy (non-hydrogen) atoms. The van der Waals surface area contributed by atoms with Gasteiger partial charge in [-0.3, -0.25) is 14.3 Å². The summed E-state index contributed by atoms with van der Waals surface area (Å²) in [7, 11) is 4.81. The zero-order valence-electron chi connectivity index (χ0n) is 17.0. The van der Waals surface area contributed by atoms with Crippen LogP contribution in [0.5, 0.6) is 17.2 Å². The Morgan fingerprint density at radius 1 is 0.931 bits per heavy atom. The Bertz CT molecular complexity index is 1080. The standard InChI is InChI=1S/C22H25N3O4/c1-27-16-6-4-15(5-7-16)14-24-9-8-21-23-18-13-20(29-3)19(28-2)12-17(18)22(26)25(21)11-10-24/h4-7,12-13H,8-11,14H2,1-3H3. The lowest BCUT2D eigenvalue weighted by Gasteiger charge is -2.19. The van der Waals surface area contributed by atoms with Gasteiger partial charge in [0.05, 0.1) is 32.2 Å². The van der Waals surface area contributed by atoms with Gasteiger partial charge < -0.3 is 14.2 Å². The maximum absolute atomic E-state index is 13.1. The van der Waals surface area contributed by atoms with Gasteiger partial charge in [-0.25, -0.2) is 4.98 Å². The second-order valence-corrected chi connectivity index (χ2v) is 7.08.